The highest BCUT2D eigenvalue weighted by Crippen LogP contribution is 2.34. The number of hydrogen-bond donors (Lipinski definition) is 2. The van der Waals surface area contributed by atoms with E-state index in [1.54, 1.807) is 12.1 Å². The van der Waals surface area contributed by atoms with Crippen LogP contribution in [0.25, 0.3) is 5.57 Å². The molecule has 0 aliphatic carbocycles. The lowest BCUT2D eigenvalue weighted by Crippen LogP contribution is -2.01. The Hall–Kier alpha value is -4.58. The van der Waals surface area contributed by atoms with Gasteiger partial charge in [-0.25, -0.2) is 20.0 Å². The molecule has 5 aliphatic rings. The lowest BCUT2D eigenvalue weighted by Gasteiger charge is -2.10. The van der Waals surface area contributed by atoms with Crippen molar-refractivity contribution >= 4 is 28.4 Å². The number of aliphatic imine (C=N–C) groups is 4. The number of aromatic hydroxyl groups is 2. The molecule has 43 heavy (non-hydrogen) atoms. The molecule has 0 spiro atoms. The molecule has 0 saturated carbocycles. The Kier molecular flexibility index (Phi) is 8.73. The number of fused-ring (bicyclic) bond motifs is 4. The van der Waals surface area contributed by atoms with E-state index in [4.69, 9.17) is 20.0 Å². The highest BCUT2D eigenvalue weighted by atomic mass is 16.3. The molecule has 1 aromatic rings. The number of benzene rings is 1. The molecule has 0 atom stereocenters. The molecule has 6 nitrogen and oxygen atoms in total. The first-order chi connectivity index (χ1) is 21.1. The first kappa shape index (κ1) is 28.5. The summed E-state index contributed by atoms with van der Waals surface area (Å²) in [5, 5.41) is 20.5. The summed E-state index contributed by atoms with van der Waals surface area (Å²) >= 11 is 0. The Morgan fingerprint density at radius 3 is 1.77 bits per heavy atom. The van der Waals surface area contributed by atoms with Gasteiger partial charge in [-0.05, 0) is 91.3 Å². The normalized spacial score (nSPS) is 18.3. The molecule has 0 radical (unpaired) electrons. The van der Waals surface area contributed by atoms with Gasteiger partial charge in [-0.3, -0.25) is 0 Å². The van der Waals surface area contributed by atoms with Crippen LogP contribution in [-0.4, -0.2) is 33.1 Å². The standard InChI is InChI=1S/C37H38N4O2/c1-2-3-4-5-6-7-8-9-10-11-32-33-16-12-26(38-33)22-28-14-18-35(40-28)37(25-20-30(42)24-31(43)21-25)36-19-15-29(41-36)23-27-13-17-34(32)39-27/h12-24,42-43H,2-11H2,1H3. The van der Waals surface area contributed by atoms with Crippen LogP contribution >= 0.6 is 0 Å². The number of allylic oxidation sites excluding steroid dienone is 12. The van der Waals surface area contributed by atoms with Gasteiger partial charge in [0.25, 0.3) is 0 Å². The molecule has 218 valence electrons. The predicted molar refractivity (Wildman–Crippen MR) is 178 cm³/mol. The minimum atomic E-state index is -0.0252. The second-order valence-corrected chi connectivity index (χ2v) is 11.5. The highest BCUT2D eigenvalue weighted by Gasteiger charge is 2.22. The number of phenols is 2. The van der Waals surface area contributed by atoms with Gasteiger partial charge in [0.1, 0.15) is 11.5 Å². The van der Waals surface area contributed by atoms with Crippen molar-refractivity contribution in [2.45, 2.75) is 71.1 Å². The van der Waals surface area contributed by atoms with E-state index in [1.165, 1.54) is 63.0 Å². The SMILES string of the molecule is CCCCCCCCCCCC1=C2C=CC(=N2)C=C2C=CC(=N2)C(c2cc(O)cc(O)c2)=C2C=CC(=N2)C=C2C=CC1=N2. The van der Waals surface area contributed by atoms with Crippen LogP contribution in [0.1, 0.15) is 76.7 Å². The maximum atomic E-state index is 10.2. The fourth-order valence-corrected chi connectivity index (χ4v) is 5.92. The summed E-state index contributed by atoms with van der Waals surface area (Å²) in [6.45, 7) is 2.26. The van der Waals surface area contributed by atoms with Gasteiger partial charge in [-0.2, -0.15) is 0 Å². The Morgan fingerprint density at radius 2 is 1.09 bits per heavy atom. The predicted octanol–water partition coefficient (Wildman–Crippen LogP) is 8.81. The van der Waals surface area contributed by atoms with Gasteiger partial charge in [0.05, 0.1) is 45.6 Å². The Labute approximate surface area is 253 Å². The molecule has 0 saturated heterocycles. The minimum Gasteiger partial charge on any atom is -0.508 e. The molecule has 1 aromatic carbocycles. The van der Waals surface area contributed by atoms with E-state index in [2.05, 4.69) is 19.1 Å². The number of rotatable bonds is 11. The van der Waals surface area contributed by atoms with Gasteiger partial charge in [-0.1, -0.05) is 58.3 Å². The fourth-order valence-electron chi connectivity index (χ4n) is 5.92. The first-order valence-corrected chi connectivity index (χ1v) is 15.6. The second kappa shape index (κ2) is 13.2. The third kappa shape index (κ3) is 6.91. The van der Waals surface area contributed by atoms with Crippen molar-refractivity contribution in [2.24, 2.45) is 20.0 Å². The third-order valence-electron chi connectivity index (χ3n) is 8.09. The van der Waals surface area contributed by atoms with E-state index in [0.29, 0.717) is 17.0 Å². The maximum Gasteiger partial charge on any atom is 0.119 e. The van der Waals surface area contributed by atoms with Gasteiger partial charge in [0.2, 0.25) is 0 Å². The van der Waals surface area contributed by atoms with Gasteiger partial charge in [0.15, 0.2) is 0 Å². The summed E-state index contributed by atoms with van der Waals surface area (Å²) in [7, 11) is 0. The maximum absolute atomic E-state index is 10.2. The van der Waals surface area contributed by atoms with Crippen molar-refractivity contribution in [3.05, 3.63) is 113 Å². The molecule has 6 rings (SSSR count). The van der Waals surface area contributed by atoms with E-state index in [0.717, 1.165) is 52.6 Å². The molecule has 2 N–H and O–H groups in total. The van der Waals surface area contributed by atoms with E-state index in [1.807, 2.05) is 48.6 Å². The van der Waals surface area contributed by atoms with Crippen LogP contribution < -0.4 is 0 Å². The van der Waals surface area contributed by atoms with Gasteiger partial charge < -0.3 is 10.2 Å². The van der Waals surface area contributed by atoms with Crippen LogP contribution in [-0.2, 0) is 0 Å². The van der Waals surface area contributed by atoms with Crippen LogP contribution in [0, 0.1) is 0 Å². The summed E-state index contributed by atoms with van der Waals surface area (Å²) in [5.74, 6) is -0.0503. The summed E-state index contributed by atoms with van der Waals surface area (Å²) in [6.07, 6.45) is 32.6. The van der Waals surface area contributed by atoms with E-state index in [9.17, 15) is 10.2 Å². The van der Waals surface area contributed by atoms with Crippen LogP contribution in [0.5, 0.6) is 11.5 Å². The average molecular weight is 571 g/mol. The molecular formula is C37H38N4O2. The van der Waals surface area contributed by atoms with Crippen molar-refractivity contribution in [3.8, 4) is 11.5 Å². The van der Waals surface area contributed by atoms with Gasteiger partial charge >= 0.3 is 0 Å². The van der Waals surface area contributed by atoms with Crippen molar-refractivity contribution in [2.75, 3.05) is 0 Å². The van der Waals surface area contributed by atoms with Crippen LogP contribution in [0.2, 0.25) is 0 Å². The molecule has 8 bridgehead atoms. The molecule has 0 aromatic heterocycles. The number of unbranched alkanes of at least 4 members (excludes halogenated alkanes) is 8. The second-order valence-electron chi connectivity index (χ2n) is 11.5. The van der Waals surface area contributed by atoms with E-state index < -0.39 is 0 Å². The monoisotopic (exact) mass is 570 g/mol. The number of phenolic OH excluding ortho intramolecular Hbond substituents is 2. The molecule has 5 aliphatic heterocycles. The van der Waals surface area contributed by atoms with Gasteiger partial charge in [-0.15, -0.1) is 0 Å². The van der Waals surface area contributed by atoms with E-state index in [-0.39, 0.29) is 11.5 Å². The van der Waals surface area contributed by atoms with Crippen molar-refractivity contribution in [1.82, 2.24) is 0 Å². The number of nitrogens with zero attached hydrogens (tertiary/aromatic N) is 4. The zero-order chi connectivity index (χ0) is 29.6. The highest BCUT2D eigenvalue weighted by molar-refractivity contribution is 6.32. The lowest BCUT2D eigenvalue weighted by molar-refractivity contribution is 0.450. The van der Waals surface area contributed by atoms with Crippen LogP contribution in [0.3, 0.4) is 0 Å². The van der Waals surface area contributed by atoms with Crippen LogP contribution in [0.15, 0.2) is 127 Å². The molecule has 5 heterocycles. The molecular weight excluding hydrogens is 532 g/mol. The average Bonchev–Trinajstić information content (AvgIpc) is 3.80. The first-order valence-electron chi connectivity index (χ1n) is 15.6. The van der Waals surface area contributed by atoms with Crippen LogP contribution in [0.4, 0.5) is 0 Å². The van der Waals surface area contributed by atoms with Gasteiger partial charge in [0, 0.05) is 17.2 Å². The van der Waals surface area contributed by atoms with Crippen molar-refractivity contribution < 1.29 is 10.2 Å². The molecule has 6 heteroatoms. The zero-order valence-corrected chi connectivity index (χ0v) is 24.8. The Morgan fingerprint density at radius 1 is 0.535 bits per heavy atom. The summed E-state index contributed by atoms with van der Waals surface area (Å²) in [5.41, 5.74) is 9.11. The summed E-state index contributed by atoms with van der Waals surface area (Å²) in [6, 6.07) is 4.54. The summed E-state index contributed by atoms with van der Waals surface area (Å²) < 4.78 is 0. The molecule has 0 amide bonds. The Bertz CT molecular complexity index is 1660. The Balaban J connectivity index is 1.30. The molecule has 0 unspecified atom stereocenters. The van der Waals surface area contributed by atoms with Crippen molar-refractivity contribution in [1.29, 1.82) is 0 Å². The lowest BCUT2D eigenvalue weighted by atomic mass is 9.98. The summed E-state index contributed by atoms with van der Waals surface area (Å²) in [4.78, 5) is 19.8. The quantitative estimate of drug-likeness (QED) is 0.260. The third-order valence-corrected chi connectivity index (χ3v) is 8.09. The fraction of sp³-hybridized carbons (Fsp3) is 0.297. The van der Waals surface area contributed by atoms with E-state index >= 15 is 0 Å². The topological polar surface area (TPSA) is 89.9 Å². The molecule has 0 fully saturated rings. The smallest absolute Gasteiger partial charge is 0.119 e. The zero-order valence-electron chi connectivity index (χ0n) is 24.8. The largest absolute Gasteiger partial charge is 0.508 e. The number of hydrogen-bond acceptors (Lipinski definition) is 6. The minimum absolute atomic E-state index is 0.0252. The van der Waals surface area contributed by atoms with Crippen molar-refractivity contribution in [3.63, 3.8) is 0 Å².